The molecule has 1 aromatic carbocycles. The van der Waals surface area contributed by atoms with Gasteiger partial charge in [0.05, 0.1) is 17.9 Å². The monoisotopic (exact) mass is 309 g/mol. The van der Waals surface area contributed by atoms with E-state index < -0.39 is 17.8 Å². The summed E-state index contributed by atoms with van der Waals surface area (Å²) in [6, 6.07) is 7.26. The molecule has 1 aliphatic rings. The largest absolute Gasteiger partial charge is 0.481 e. The minimum atomic E-state index is -0.863. The van der Waals surface area contributed by atoms with Gasteiger partial charge in [0.25, 0.3) is 0 Å². The zero-order valence-corrected chi connectivity index (χ0v) is 13.0. The minimum Gasteiger partial charge on any atom is -0.481 e. The molecule has 0 radical (unpaired) electrons. The number of carbonyl (C=O) groups is 2. The molecule has 114 valence electrons. The highest BCUT2D eigenvalue weighted by Crippen LogP contribution is 2.34. The summed E-state index contributed by atoms with van der Waals surface area (Å²) in [6.07, 6.45) is 2.05. The molecule has 3 atom stereocenters. The number of nitrogens with zero attached hydrogens (tertiary/aromatic N) is 1. The van der Waals surface area contributed by atoms with E-state index in [-0.39, 0.29) is 11.9 Å². The van der Waals surface area contributed by atoms with Crippen molar-refractivity contribution in [3.63, 3.8) is 0 Å². The Morgan fingerprint density at radius 2 is 1.81 bits per heavy atom. The second-order valence-electron chi connectivity index (χ2n) is 5.66. The molecule has 1 saturated carbocycles. The van der Waals surface area contributed by atoms with Gasteiger partial charge in [0, 0.05) is 12.1 Å². The summed E-state index contributed by atoms with van der Waals surface area (Å²) in [4.78, 5) is 25.5. The van der Waals surface area contributed by atoms with Crippen LogP contribution in [-0.2, 0) is 9.59 Å². The third-order valence-electron chi connectivity index (χ3n) is 4.43. The Balaban J connectivity index is 2.11. The topological polar surface area (TPSA) is 57.6 Å². The van der Waals surface area contributed by atoms with Gasteiger partial charge < -0.3 is 10.0 Å². The molecule has 2 rings (SSSR count). The van der Waals surface area contributed by atoms with Crippen LogP contribution in [0.25, 0.3) is 0 Å². The fourth-order valence-electron chi connectivity index (χ4n) is 2.97. The molecule has 1 unspecified atom stereocenters. The second kappa shape index (κ2) is 6.48. The maximum Gasteiger partial charge on any atom is 0.307 e. The molecule has 5 heteroatoms. The van der Waals surface area contributed by atoms with Gasteiger partial charge in [-0.1, -0.05) is 30.2 Å². The van der Waals surface area contributed by atoms with Gasteiger partial charge in [-0.2, -0.15) is 0 Å². The lowest BCUT2D eigenvalue weighted by Gasteiger charge is -2.29. The van der Waals surface area contributed by atoms with E-state index in [1.807, 2.05) is 19.1 Å². The average Bonchev–Trinajstić information content (AvgIpc) is 2.95. The van der Waals surface area contributed by atoms with E-state index in [1.54, 1.807) is 24.1 Å². The Hall–Kier alpha value is -1.55. The molecule has 0 bridgehead atoms. The fraction of sp³-hybridized carbons (Fsp3) is 0.500. The normalized spacial score (nSPS) is 22.8. The van der Waals surface area contributed by atoms with E-state index in [4.69, 9.17) is 11.6 Å². The highest BCUT2D eigenvalue weighted by Gasteiger charge is 2.39. The summed E-state index contributed by atoms with van der Waals surface area (Å²) in [6.45, 7) is 1.94. The van der Waals surface area contributed by atoms with Gasteiger partial charge >= 0.3 is 5.97 Å². The van der Waals surface area contributed by atoms with Crippen molar-refractivity contribution in [3.05, 3.63) is 34.9 Å². The summed E-state index contributed by atoms with van der Waals surface area (Å²) in [5, 5.41) is 9.87. The van der Waals surface area contributed by atoms with Crippen molar-refractivity contribution in [1.82, 2.24) is 4.90 Å². The van der Waals surface area contributed by atoms with Crippen molar-refractivity contribution in [3.8, 4) is 0 Å². The Morgan fingerprint density at radius 1 is 1.24 bits per heavy atom. The smallest absolute Gasteiger partial charge is 0.307 e. The number of halogens is 1. The van der Waals surface area contributed by atoms with Crippen LogP contribution in [0.2, 0.25) is 5.02 Å². The summed E-state index contributed by atoms with van der Waals surface area (Å²) in [7, 11) is 1.73. The van der Waals surface area contributed by atoms with Gasteiger partial charge in [0.1, 0.15) is 0 Å². The molecule has 1 N–H and O–H groups in total. The Morgan fingerprint density at radius 3 is 2.38 bits per heavy atom. The van der Waals surface area contributed by atoms with Gasteiger partial charge in [-0.05, 0) is 37.5 Å². The number of rotatable bonds is 4. The van der Waals surface area contributed by atoms with Crippen LogP contribution in [0.15, 0.2) is 24.3 Å². The molecular formula is C16H20ClNO3. The van der Waals surface area contributed by atoms with Gasteiger partial charge in [-0.3, -0.25) is 9.59 Å². The van der Waals surface area contributed by atoms with Crippen LogP contribution >= 0.6 is 11.6 Å². The highest BCUT2D eigenvalue weighted by molar-refractivity contribution is 6.30. The Kier molecular flexibility index (Phi) is 4.88. The molecule has 0 spiro atoms. The Bertz CT molecular complexity index is 529. The molecule has 1 aliphatic carbocycles. The lowest BCUT2D eigenvalue weighted by molar-refractivity contribution is -0.149. The van der Waals surface area contributed by atoms with E-state index >= 15 is 0 Å². The summed E-state index contributed by atoms with van der Waals surface area (Å²) < 4.78 is 0. The number of amides is 1. The molecular weight excluding hydrogens is 290 g/mol. The number of hydrogen-bond acceptors (Lipinski definition) is 2. The Labute approximate surface area is 129 Å². The minimum absolute atomic E-state index is 0.0812. The number of carboxylic acids is 1. The van der Waals surface area contributed by atoms with Crippen molar-refractivity contribution >= 4 is 23.5 Å². The number of hydrogen-bond donors (Lipinski definition) is 1. The van der Waals surface area contributed by atoms with Crippen molar-refractivity contribution in [2.45, 2.75) is 32.2 Å². The third-order valence-corrected chi connectivity index (χ3v) is 4.68. The number of carboxylic acid groups (broad SMARTS) is 1. The summed E-state index contributed by atoms with van der Waals surface area (Å²) >= 11 is 5.87. The van der Waals surface area contributed by atoms with E-state index in [9.17, 15) is 14.7 Å². The van der Waals surface area contributed by atoms with Crippen LogP contribution in [0, 0.1) is 11.8 Å². The first kappa shape index (κ1) is 15.8. The molecule has 1 aromatic rings. The van der Waals surface area contributed by atoms with Crippen LogP contribution in [0.1, 0.15) is 37.8 Å². The molecule has 21 heavy (non-hydrogen) atoms. The van der Waals surface area contributed by atoms with E-state index in [0.717, 1.165) is 12.0 Å². The molecule has 0 aliphatic heterocycles. The van der Waals surface area contributed by atoms with Crippen LogP contribution < -0.4 is 0 Å². The molecule has 1 fully saturated rings. The summed E-state index contributed by atoms with van der Waals surface area (Å²) in [5.41, 5.74) is 0.986. The average molecular weight is 310 g/mol. The number of benzene rings is 1. The SMILES string of the molecule is CC(c1ccc(Cl)cc1)N(C)C(=O)[C@@H]1CCC[C@@H]1C(=O)O. The van der Waals surface area contributed by atoms with Gasteiger partial charge in [-0.15, -0.1) is 0 Å². The lowest BCUT2D eigenvalue weighted by Crippen LogP contribution is -2.38. The van der Waals surface area contributed by atoms with E-state index in [0.29, 0.717) is 17.9 Å². The maximum atomic E-state index is 12.6. The lowest BCUT2D eigenvalue weighted by atomic mass is 9.94. The first-order valence-electron chi connectivity index (χ1n) is 7.16. The second-order valence-corrected chi connectivity index (χ2v) is 6.10. The van der Waals surface area contributed by atoms with Crippen LogP contribution in [0.3, 0.4) is 0 Å². The first-order chi connectivity index (χ1) is 9.91. The quantitative estimate of drug-likeness (QED) is 0.927. The number of carbonyl (C=O) groups excluding carboxylic acids is 1. The van der Waals surface area contributed by atoms with E-state index in [2.05, 4.69) is 0 Å². The number of aliphatic carboxylic acids is 1. The van der Waals surface area contributed by atoms with Gasteiger partial charge in [-0.25, -0.2) is 0 Å². The third kappa shape index (κ3) is 3.38. The molecule has 0 saturated heterocycles. The van der Waals surface area contributed by atoms with Crippen molar-refractivity contribution in [2.75, 3.05) is 7.05 Å². The van der Waals surface area contributed by atoms with Crippen LogP contribution in [0.5, 0.6) is 0 Å². The molecule has 0 heterocycles. The highest BCUT2D eigenvalue weighted by atomic mass is 35.5. The predicted molar refractivity (Wildman–Crippen MR) is 81.1 cm³/mol. The van der Waals surface area contributed by atoms with Gasteiger partial charge in [0.2, 0.25) is 5.91 Å². The zero-order valence-electron chi connectivity index (χ0n) is 12.3. The maximum absolute atomic E-state index is 12.6. The van der Waals surface area contributed by atoms with E-state index in [1.165, 1.54) is 0 Å². The molecule has 4 nitrogen and oxygen atoms in total. The van der Waals surface area contributed by atoms with Crippen molar-refractivity contribution in [1.29, 1.82) is 0 Å². The molecule has 1 amide bonds. The molecule has 0 aromatic heterocycles. The zero-order chi connectivity index (χ0) is 15.6. The fourth-order valence-corrected chi connectivity index (χ4v) is 3.09. The summed E-state index contributed by atoms with van der Waals surface area (Å²) in [5.74, 6) is -1.89. The predicted octanol–water partition coefficient (Wildman–Crippen LogP) is 3.36. The van der Waals surface area contributed by atoms with Crippen LogP contribution in [-0.4, -0.2) is 28.9 Å². The first-order valence-corrected chi connectivity index (χ1v) is 7.54. The van der Waals surface area contributed by atoms with Gasteiger partial charge in [0.15, 0.2) is 0 Å². The van der Waals surface area contributed by atoms with Crippen molar-refractivity contribution < 1.29 is 14.7 Å². The standard InChI is InChI=1S/C16H20ClNO3/c1-10(11-6-8-12(17)9-7-11)18(2)15(19)13-4-3-5-14(13)16(20)21/h6-10,13-14H,3-5H2,1-2H3,(H,20,21)/t10?,13-,14+/m1/s1. The van der Waals surface area contributed by atoms with Crippen LogP contribution in [0.4, 0.5) is 0 Å². The van der Waals surface area contributed by atoms with Crippen molar-refractivity contribution in [2.24, 2.45) is 11.8 Å².